The summed E-state index contributed by atoms with van der Waals surface area (Å²) in [4.78, 5) is 43.2. The molecular formula is C22H13N3O3S. The average molecular weight is 399 g/mol. The Bertz CT molecular complexity index is 1230. The molecule has 0 fully saturated rings. The number of imide groups is 1. The largest absolute Gasteiger partial charge is 0.298 e. The number of para-hydroxylation sites is 1. The zero-order valence-corrected chi connectivity index (χ0v) is 15.8. The molecule has 0 bridgehead atoms. The first-order valence-corrected chi connectivity index (χ1v) is 9.68. The number of benzene rings is 3. The standard InChI is InChI=1S/C22H13N3O3S/c26-19(24-22-23-17-7-3-4-8-18(17)29-22)13-9-11-14(12-10-13)25-20(27)15-5-1-2-6-16(15)21(25)28/h1-12H,(H,23,24,26). The van der Waals surface area contributed by atoms with Gasteiger partial charge in [0.2, 0.25) is 0 Å². The molecule has 29 heavy (non-hydrogen) atoms. The fraction of sp³-hybridized carbons (Fsp3) is 0. The molecule has 0 unspecified atom stereocenters. The van der Waals surface area contributed by atoms with Gasteiger partial charge in [0, 0.05) is 5.56 Å². The van der Waals surface area contributed by atoms with Crippen molar-refractivity contribution >= 4 is 50.1 Å². The number of fused-ring (bicyclic) bond motifs is 2. The van der Waals surface area contributed by atoms with E-state index in [9.17, 15) is 14.4 Å². The van der Waals surface area contributed by atoms with Crippen LogP contribution in [0.3, 0.4) is 0 Å². The summed E-state index contributed by atoms with van der Waals surface area (Å²) < 4.78 is 0.990. The topological polar surface area (TPSA) is 79.4 Å². The van der Waals surface area contributed by atoms with Gasteiger partial charge in [0.1, 0.15) is 0 Å². The van der Waals surface area contributed by atoms with Crippen LogP contribution in [-0.2, 0) is 0 Å². The monoisotopic (exact) mass is 399 g/mol. The summed E-state index contributed by atoms with van der Waals surface area (Å²) in [5.41, 5.74) is 2.43. The fourth-order valence-electron chi connectivity index (χ4n) is 3.28. The fourth-order valence-corrected chi connectivity index (χ4v) is 4.14. The number of hydrogen-bond donors (Lipinski definition) is 1. The smallest absolute Gasteiger partial charge is 0.266 e. The molecule has 3 amide bonds. The molecule has 0 atom stereocenters. The van der Waals surface area contributed by atoms with E-state index in [4.69, 9.17) is 0 Å². The van der Waals surface area contributed by atoms with Gasteiger partial charge in [-0.15, -0.1) is 0 Å². The maximum atomic E-state index is 12.6. The number of rotatable bonds is 3. The zero-order valence-electron chi connectivity index (χ0n) is 15.0. The van der Waals surface area contributed by atoms with Crippen molar-refractivity contribution < 1.29 is 14.4 Å². The summed E-state index contributed by atoms with van der Waals surface area (Å²) in [5.74, 6) is -1.03. The number of hydrogen-bond acceptors (Lipinski definition) is 5. The summed E-state index contributed by atoms with van der Waals surface area (Å²) in [7, 11) is 0. The summed E-state index contributed by atoms with van der Waals surface area (Å²) in [6.45, 7) is 0. The average Bonchev–Trinajstić information content (AvgIpc) is 3.26. The Morgan fingerprint density at radius 1 is 0.828 bits per heavy atom. The molecule has 0 spiro atoms. The third kappa shape index (κ3) is 2.88. The Kier molecular flexibility index (Phi) is 3.96. The van der Waals surface area contributed by atoms with Crippen LogP contribution in [0.1, 0.15) is 31.1 Å². The molecule has 1 aromatic heterocycles. The van der Waals surface area contributed by atoms with Gasteiger partial charge >= 0.3 is 0 Å². The lowest BCUT2D eigenvalue weighted by atomic mass is 10.1. The molecule has 140 valence electrons. The van der Waals surface area contributed by atoms with Crippen molar-refractivity contribution in [3.05, 3.63) is 89.5 Å². The summed E-state index contributed by atoms with van der Waals surface area (Å²) in [6.07, 6.45) is 0. The van der Waals surface area contributed by atoms with Crippen LogP contribution in [-0.4, -0.2) is 22.7 Å². The quantitative estimate of drug-likeness (QED) is 0.520. The summed E-state index contributed by atoms with van der Waals surface area (Å²) >= 11 is 1.40. The highest BCUT2D eigenvalue weighted by Gasteiger charge is 2.36. The molecule has 7 heteroatoms. The minimum Gasteiger partial charge on any atom is -0.298 e. The predicted molar refractivity (Wildman–Crippen MR) is 112 cm³/mol. The molecule has 4 aromatic rings. The molecule has 1 aliphatic rings. The Hall–Kier alpha value is -3.84. The number of nitrogens with zero attached hydrogens (tertiary/aromatic N) is 2. The van der Waals surface area contributed by atoms with E-state index in [0.717, 1.165) is 15.1 Å². The van der Waals surface area contributed by atoms with Crippen LogP contribution < -0.4 is 10.2 Å². The van der Waals surface area contributed by atoms with Crippen LogP contribution in [0.25, 0.3) is 10.2 Å². The zero-order chi connectivity index (χ0) is 20.0. The Morgan fingerprint density at radius 3 is 2.10 bits per heavy atom. The minimum atomic E-state index is -0.364. The molecule has 0 radical (unpaired) electrons. The molecular weight excluding hydrogens is 386 g/mol. The van der Waals surface area contributed by atoms with Crippen LogP contribution in [0.4, 0.5) is 10.8 Å². The van der Waals surface area contributed by atoms with Gasteiger partial charge in [-0.1, -0.05) is 35.6 Å². The van der Waals surface area contributed by atoms with Gasteiger partial charge in [0.25, 0.3) is 17.7 Å². The second-order valence-electron chi connectivity index (χ2n) is 6.48. The highest BCUT2D eigenvalue weighted by Crippen LogP contribution is 2.29. The third-order valence-corrected chi connectivity index (χ3v) is 5.65. The van der Waals surface area contributed by atoms with E-state index in [0.29, 0.717) is 27.5 Å². The molecule has 0 aliphatic carbocycles. The van der Waals surface area contributed by atoms with Crippen LogP contribution >= 0.6 is 11.3 Å². The van der Waals surface area contributed by atoms with Crippen molar-refractivity contribution in [2.75, 3.05) is 10.2 Å². The first-order chi connectivity index (χ1) is 14.1. The van der Waals surface area contributed by atoms with E-state index in [1.54, 1.807) is 48.5 Å². The van der Waals surface area contributed by atoms with Crippen LogP contribution in [0.15, 0.2) is 72.8 Å². The van der Waals surface area contributed by atoms with E-state index >= 15 is 0 Å². The lowest BCUT2D eigenvalue weighted by Crippen LogP contribution is -2.29. The van der Waals surface area contributed by atoms with Crippen LogP contribution in [0.5, 0.6) is 0 Å². The van der Waals surface area contributed by atoms with Crippen molar-refractivity contribution in [2.24, 2.45) is 0 Å². The third-order valence-electron chi connectivity index (χ3n) is 4.70. The highest BCUT2D eigenvalue weighted by molar-refractivity contribution is 7.22. The van der Waals surface area contributed by atoms with E-state index in [1.165, 1.54) is 11.3 Å². The second-order valence-corrected chi connectivity index (χ2v) is 7.51. The molecule has 2 heterocycles. The molecule has 0 saturated carbocycles. The van der Waals surface area contributed by atoms with E-state index in [2.05, 4.69) is 10.3 Å². The summed E-state index contributed by atoms with van der Waals surface area (Å²) in [6, 6.07) is 20.7. The molecule has 0 saturated heterocycles. The number of carbonyl (C=O) groups excluding carboxylic acids is 3. The maximum absolute atomic E-state index is 12.6. The van der Waals surface area contributed by atoms with Gasteiger partial charge in [0.15, 0.2) is 5.13 Å². The van der Waals surface area contributed by atoms with Crippen LogP contribution in [0, 0.1) is 0 Å². The summed E-state index contributed by atoms with van der Waals surface area (Å²) in [5, 5.41) is 3.30. The maximum Gasteiger partial charge on any atom is 0.266 e. The number of amides is 3. The van der Waals surface area contributed by atoms with Crippen molar-refractivity contribution in [1.82, 2.24) is 4.98 Å². The van der Waals surface area contributed by atoms with E-state index < -0.39 is 0 Å². The number of aromatic nitrogens is 1. The van der Waals surface area contributed by atoms with Crippen molar-refractivity contribution in [1.29, 1.82) is 0 Å². The van der Waals surface area contributed by atoms with Gasteiger partial charge in [0.05, 0.1) is 27.0 Å². The molecule has 5 rings (SSSR count). The normalized spacial score (nSPS) is 13.0. The first-order valence-electron chi connectivity index (χ1n) is 8.86. The van der Waals surface area contributed by atoms with Crippen molar-refractivity contribution in [2.45, 2.75) is 0 Å². The van der Waals surface area contributed by atoms with Gasteiger partial charge in [-0.25, -0.2) is 9.88 Å². The van der Waals surface area contributed by atoms with Gasteiger partial charge in [-0.05, 0) is 48.5 Å². The number of anilines is 2. The van der Waals surface area contributed by atoms with E-state index in [1.807, 2.05) is 24.3 Å². The van der Waals surface area contributed by atoms with Gasteiger partial charge in [-0.2, -0.15) is 0 Å². The predicted octanol–water partition coefficient (Wildman–Crippen LogP) is 4.35. The number of carbonyl (C=O) groups is 3. The lowest BCUT2D eigenvalue weighted by Gasteiger charge is -2.14. The molecule has 1 N–H and O–H groups in total. The first kappa shape index (κ1) is 17.3. The molecule has 1 aliphatic heterocycles. The van der Waals surface area contributed by atoms with Crippen molar-refractivity contribution in [3.8, 4) is 0 Å². The second kappa shape index (κ2) is 6.65. The van der Waals surface area contributed by atoms with E-state index in [-0.39, 0.29) is 17.7 Å². The number of thiazole rings is 1. The van der Waals surface area contributed by atoms with Gasteiger partial charge in [-0.3, -0.25) is 19.7 Å². The Morgan fingerprint density at radius 2 is 1.45 bits per heavy atom. The minimum absolute atomic E-state index is 0.307. The van der Waals surface area contributed by atoms with Crippen LogP contribution in [0.2, 0.25) is 0 Å². The SMILES string of the molecule is O=C(Nc1nc2ccccc2s1)c1ccc(N2C(=O)c3ccccc3C2=O)cc1. The lowest BCUT2D eigenvalue weighted by molar-refractivity contribution is 0.0925. The van der Waals surface area contributed by atoms with Gasteiger partial charge < -0.3 is 0 Å². The van der Waals surface area contributed by atoms with Crippen molar-refractivity contribution in [3.63, 3.8) is 0 Å². The molecule has 3 aromatic carbocycles. The Labute approximate surface area is 169 Å². The number of nitrogens with one attached hydrogen (secondary N) is 1. The highest BCUT2D eigenvalue weighted by atomic mass is 32.1. The molecule has 6 nitrogen and oxygen atoms in total. The Balaban J connectivity index is 1.37.